The molecular weight excluding hydrogens is 120 g/mol. The molecule has 0 N–H and O–H groups in total. The second kappa shape index (κ2) is 1.99. The van der Waals surface area contributed by atoms with Gasteiger partial charge in [0, 0.05) is 0 Å². The zero-order valence-electron chi connectivity index (χ0n) is 7.30. The van der Waals surface area contributed by atoms with Gasteiger partial charge in [0.1, 0.15) is 0 Å². The van der Waals surface area contributed by atoms with Gasteiger partial charge in [0.05, 0.1) is 0 Å². The molecule has 0 nitrogen and oxygen atoms in total. The van der Waals surface area contributed by atoms with Gasteiger partial charge >= 0.3 is 0 Å². The third kappa shape index (κ3) is 0.627. The van der Waals surface area contributed by atoms with Crippen molar-refractivity contribution in [2.24, 2.45) is 29.6 Å². The van der Waals surface area contributed by atoms with Gasteiger partial charge in [0.25, 0.3) is 0 Å². The summed E-state index contributed by atoms with van der Waals surface area (Å²) < 4.78 is 0. The van der Waals surface area contributed by atoms with E-state index in [9.17, 15) is 0 Å². The predicted molar refractivity (Wildman–Crippen MR) is 43.7 cm³/mol. The molecule has 5 atom stereocenters. The number of fused-ring (bicyclic) bond motifs is 1. The van der Waals surface area contributed by atoms with E-state index in [0.29, 0.717) is 0 Å². The first-order valence-electron chi connectivity index (χ1n) is 4.72. The lowest BCUT2D eigenvalue weighted by Crippen LogP contribution is -2.42. The standard InChI is InChI=1S/C10H18/c1-6-4-5-9-7(2)8(3)10(6)9/h6-10H,4-5H2,1-3H3. The fraction of sp³-hybridized carbons (Fsp3) is 1.00. The summed E-state index contributed by atoms with van der Waals surface area (Å²) in [5, 5.41) is 0. The molecular formula is C10H18. The van der Waals surface area contributed by atoms with E-state index in [-0.39, 0.29) is 0 Å². The maximum Gasteiger partial charge on any atom is -0.0329 e. The fourth-order valence-electron chi connectivity index (χ4n) is 3.38. The van der Waals surface area contributed by atoms with Crippen molar-refractivity contribution in [2.45, 2.75) is 33.6 Å². The van der Waals surface area contributed by atoms with E-state index in [1.807, 2.05) is 0 Å². The molecule has 0 aromatic carbocycles. The molecule has 0 heterocycles. The van der Waals surface area contributed by atoms with Gasteiger partial charge in [-0.25, -0.2) is 0 Å². The van der Waals surface area contributed by atoms with Crippen LogP contribution in [0.5, 0.6) is 0 Å². The summed E-state index contributed by atoms with van der Waals surface area (Å²) in [4.78, 5) is 0. The topological polar surface area (TPSA) is 0 Å². The van der Waals surface area contributed by atoms with Crippen LogP contribution < -0.4 is 0 Å². The summed E-state index contributed by atoms with van der Waals surface area (Å²) in [5.41, 5.74) is 0. The van der Waals surface area contributed by atoms with E-state index >= 15 is 0 Å². The Morgan fingerprint density at radius 2 is 1.60 bits per heavy atom. The van der Waals surface area contributed by atoms with Gasteiger partial charge in [-0.05, 0) is 36.0 Å². The second-order valence-electron chi connectivity index (χ2n) is 4.51. The van der Waals surface area contributed by atoms with E-state index in [0.717, 1.165) is 29.6 Å². The van der Waals surface area contributed by atoms with Crippen LogP contribution in [-0.2, 0) is 0 Å². The Morgan fingerprint density at radius 3 is 2.20 bits per heavy atom. The molecule has 0 spiro atoms. The molecule has 0 amide bonds. The normalized spacial score (nSPS) is 59.7. The summed E-state index contributed by atoms with van der Waals surface area (Å²) in [6, 6.07) is 0. The van der Waals surface area contributed by atoms with E-state index in [4.69, 9.17) is 0 Å². The predicted octanol–water partition coefficient (Wildman–Crippen LogP) is 2.93. The van der Waals surface area contributed by atoms with Crippen LogP contribution in [0.4, 0.5) is 0 Å². The van der Waals surface area contributed by atoms with Gasteiger partial charge in [-0.15, -0.1) is 0 Å². The Kier molecular flexibility index (Phi) is 1.33. The van der Waals surface area contributed by atoms with E-state index < -0.39 is 0 Å². The molecule has 0 aliphatic heterocycles. The smallest absolute Gasteiger partial charge is 0.0329 e. The highest BCUT2D eigenvalue weighted by Crippen LogP contribution is 2.57. The molecule has 2 aliphatic carbocycles. The lowest BCUT2D eigenvalue weighted by atomic mass is 9.58. The SMILES string of the molecule is CC1CCC2C(C)C(C)C12. The van der Waals surface area contributed by atoms with Crippen LogP contribution in [0.15, 0.2) is 0 Å². The van der Waals surface area contributed by atoms with Gasteiger partial charge in [-0.1, -0.05) is 27.2 Å². The molecule has 5 unspecified atom stereocenters. The highest BCUT2D eigenvalue weighted by atomic mass is 14.5. The summed E-state index contributed by atoms with van der Waals surface area (Å²) in [7, 11) is 0. The number of hydrogen-bond acceptors (Lipinski definition) is 0. The summed E-state index contributed by atoms with van der Waals surface area (Å²) >= 11 is 0. The molecule has 0 saturated heterocycles. The van der Waals surface area contributed by atoms with Gasteiger partial charge in [0.2, 0.25) is 0 Å². The third-order valence-electron chi connectivity index (χ3n) is 4.22. The lowest BCUT2D eigenvalue weighted by Gasteiger charge is -2.47. The maximum atomic E-state index is 2.44. The largest absolute Gasteiger partial charge is 0.0622 e. The first-order chi connectivity index (χ1) is 4.72. The van der Waals surface area contributed by atoms with Crippen LogP contribution in [-0.4, -0.2) is 0 Å². The van der Waals surface area contributed by atoms with Gasteiger partial charge < -0.3 is 0 Å². The Hall–Kier alpha value is 0. The Balaban J connectivity index is 2.09. The van der Waals surface area contributed by atoms with Gasteiger partial charge in [-0.2, -0.15) is 0 Å². The zero-order valence-corrected chi connectivity index (χ0v) is 7.30. The van der Waals surface area contributed by atoms with Gasteiger partial charge in [-0.3, -0.25) is 0 Å². The van der Waals surface area contributed by atoms with Crippen molar-refractivity contribution in [3.05, 3.63) is 0 Å². The average molecular weight is 138 g/mol. The number of hydrogen-bond donors (Lipinski definition) is 0. The summed E-state index contributed by atoms with van der Waals surface area (Å²) in [6.45, 7) is 7.31. The third-order valence-corrected chi connectivity index (χ3v) is 4.22. The molecule has 0 bridgehead atoms. The minimum absolute atomic E-state index is 1.03. The summed E-state index contributed by atoms with van der Waals surface area (Å²) in [6.07, 6.45) is 3.03. The van der Waals surface area contributed by atoms with Crippen molar-refractivity contribution in [3.8, 4) is 0 Å². The molecule has 10 heavy (non-hydrogen) atoms. The average Bonchev–Trinajstić information content (AvgIpc) is 2.27. The van der Waals surface area contributed by atoms with Crippen LogP contribution >= 0.6 is 0 Å². The quantitative estimate of drug-likeness (QED) is 0.483. The van der Waals surface area contributed by atoms with Crippen LogP contribution in [0.2, 0.25) is 0 Å². The number of rotatable bonds is 0. The second-order valence-corrected chi connectivity index (χ2v) is 4.51. The highest BCUT2D eigenvalue weighted by Gasteiger charge is 2.50. The molecule has 2 fully saturated rings. The monoisotopic (exact) mass is 138 g/mol. The Labute approximate surface area is 64.0 Å². The molecule has 2 aliphatic rings. The van der Waals surface area contributed by atoms with E-state index in [1.165, 1.54) is 12.8 Å². The molecule has 0 heteroatoms. The molecule has 2 rings (SSSR count). The minimum atomic E-state index is 1.03. The zero-order chi connectivity index (χ0) is 7.30. The first-order valence-corrected chi connectivity index (χ1v) is 4.72. The maximum absolute atomic E-state index is 2.44. The van der Waals surface area contributed by atoms with Crippen molar-refractivity contribution in [1.29, 1.82) is 0 Å². The Bertz CT molecular complexity index is 139. The molecule has 2 saturated carbocycles. The van der Waals surface area contributed by atoms with Crippen molar-refractivity contribution in [2.75, 3.05) is 0 Å². The molecule has 0 aromatic rings. The highest BCUT2D eigenvalue weighted by molar-refractivity contribution is 4.98. The van der Waals surface area contributed by atoms with Crippen LogP contribution in [0, 0.1) is 29.6 Å². The van der Waals surface area contributed by atoms with Crippen LogP contribution in [0.25, 0.3) is 0 Å². The molecule has 0 aromatic heterocycles. The van der Waals surface area contributed by atoms with Crippen LogP contribution in [0.3, 0.4) is 0 Å². The van der Waals surface area contributed by atoms with E-state index in [1.54, 1.807) is 0 Å². The minimum Gasteiger partial charge on any atom is -0.0622 e. The van der Waals surface area contributed by atoms with Crippen molar-refractivity contribution in [1.82, 2.24) is 0 Å². The summed E-state index contributed by atoms with van der Waals surface area (Å²) in [5.74, 6) is 5.33. The van der Waals surface area contributed by atoms with Crippen molar-refractivity contribution < 1.29 is 0 Å². The van der Waals surface area contributed by atoms with Crippen molar-refractivity contribution in [3.63, 3.8) is 0 Å². The Morgan fingerprint density at radius 1 is 0.900 bits per heavy atom. The lowest BCUT2D eigenvalue weighted by molar-refractivity contribution is 0.00786. The van der Waals surface area contributed by atoms with Gasteiger partial charge in [0.15, 0.2) is 0 Å². The van der Waals surface area contributed by atoms with Crippen LogP contribution in [0.1, 0.15) is 33.6 Å². The first kappa shape index (κ1) is 6.69. The fourth-order valence-corrected chi connectivity index (χ4v) is 3.38. The van der Waals surface area contributed by atoms with Crippen molar-refractivity contribution >= 4 is 0 Å². The molecule has 0 radical (unpaired) electrons. The van der Waals surface area contributed by atoms with E-state index in [2.05, 4.69) is 20.8 Å². The molecule has 58 valence electrons.